The Hall–Kier alpha value is -2.80. The Balaban J connectivity index is 1.84. The maximum Gasteiger partial charge on any atom is 0.257 e. The molecule has 0 unspecified atom stereocenters. The third-order valence-electron chi connectivity index (χ3n) is 3.48. The number of carbonyl (C=O) groups excluding carboxylic acids is 2. The highest BCUT2D eigenvalue weighted by molar-refractivity contribution is 5.94. The number of halogens is 2. The van der Waals surface area contributed by atoms with Gasteiger partial charge in [0.2, 0.25) is 0 Å². The summed E-state index contributed by atoms with van der Waals surface area (Å²) in [6, 6.07) is 12.1. The van der Waals surface area contributed by atoms with E-state index in [-0.39, 0.29) is 19.0 Å². The maximum atomic E-state index is 13.5. The molecule has 0 aliphatic heterocycles. The van der Waals surface area contributed by atoms with Gasteiger partial charge in [0.1, 0.15) is 17.2 Å². The summed E-state index contributed by atoms with van der Waals surface area (Å²) in [4.78, 5) is 23.9. The Morgan fingerprint density at radius 1 is 0.960 bits per heavy atom. The molecule has 0 saturated heterocycles. The van der Waals surface area contributed by atoms with Gasteiger partial charge in [0.15, 0.2) is 6.10 Å². The number of methoxy groups -OCH3 is 1. The van der Waals surface area contributed by atoms with Crippen molar-refractivity contribution in [3.8, 4) is 0 Å². The van der Waals surface area contributed by atoms with Crippen LogP contribution in [-0.4, -0.2) is 32.0 Å². The summed E-state index contributed by atoms with van der Waals surface area (Å²) in [6.45, 7) is 0.108. The number of ether oxygens (including phenoxy) is 1. The second-order valence-corrected chi connectivity index (χ2v) is 5.17. The summed E-state index contributed by atoms with van der Waals surface area (Å²) in [7, 11) is 1.42. The monoisotopic (exact) mass is 348 g/mol. The number of hydrogen-bond donors (Lipinski definition) is 2. The largest absolute Gasteiger partial charge is 0.367 e. The van der Waals surface area contributed by atoms with Crippen LogP contribution in [-0.2, 0) is 9.53 Å². The molecule has 0 aliphatic rings. The summed E-state index contributed by atoms with van der Waals surface area (Å²) in [5.74, 6) is -3.13. The maximum absolute atomic E-state index is 13.5. The van der Waals surface area contributed by atoms with E-state index in [2.05, 4.69) is 10.6 Å². The normalized spacial score (nSPS) is 11.6. The molecule has 132 valence electrons. The lowest BCUT2D eigenvalue weighted by Gasteiger charge is -2.15. The molecule has 0 saturated carbocycles. The second-order valence-electron chi connectivity index (χ2n) is 5.17. The van der Waals surface area contributed by atoms with E-state index in [0.717, 1.165) is 12.1 Å². The summed E-state index contributed by atoms with van der Waals surface area (Å²) in [5, 5.41) is 4.96. The van der Waals surface area contributed by atoms with E-state index < -0.39 is 29.2 Å². The molecule has 2 amide bonds. The standard InChI is InChI=1S/C18H18F2N2O3/c1-25-16(12-6-3-2-4-7-12)18(24)22-11-10-21-17(23)15-13(19)8-5-9-14(15)20/h2-9,16H,10-11H2,1H3,(H,21,23)(H,22,24)/t16-/m0/s1. The zero-order valence-electron chi connectivity index (χ0n) is 13.6. The van der Waals surface area contributed by atoms with Crippen molar-refractivity contribution >= 4 is 11.8 Å². The Kier molecular flexibility index (Phi) is 6.59. The van der Waals surface area contributed by atoms with E-state index in [4.69, 9.17) is 4.74 Å². The number of nitrogens with one attached hydrogen (secondary N) is 2. The zero-order chi connectivity index (χ0) is 18.2. The van der Waals surface area contributed by atoms with Crippen LogP contribution in [0.25, 0.3) is 0 Å². The van der Waals surface area contributed by atoms with Crippen molar-refractivity contribution < 1.29 is 23.1 Å². The van der Waals surface area contributed by atoms with Crippen LogP contribution in [0.15, 0.2) is 48.5 Å². The lowest BCUT2D eigenvalue weighted by molar-refractivity contribution is -0.131. The molecule has 7 heteroatoms. The minimum Gasteiger partial charge on any atom is -0.367 e. The zero-order valence-corrected chi connectivity index (χ0v) is 13.6. The summed E-state index contributed by atoms with van der Waals surface area (Å²) in [6.07, 6.45) is -0.777. The molecule has 2 rings (SSSR count). The van der Waals surface area contributed by atoms with Crippen molar-refractivity contribution in [3.05, 3.63) is 71.3 Å². The van der Waals surface area contributed by atoms with Gasteiger partial charge in [-0.25, -0.2) is 8.78 Å². The van der Waals surface area contributed by atoms with Crippen LogP contribution in [0, 0.1) is 11.6 Å². The van der Waals surface area contributed by atoms with Crippen LogP contribution in [0.1, 0.15) is 22.0 Å². The Morgan fingerprint density at radius 2 is 1.56 bits per heavy atom. The number of benzene rings is 2. The molecule has 2 N–H and O–H groups in total. The van der Waals surface area contributed by atoms with E-state index >= 15 is 0 Å². The average molecular weight is 348 g/mol. The highest BCUT2D eigenvalue weighted by Gasteiger charge is 2.20. The second kappa shape index (κ2) is 8.89. The van der Waals surface area contributed by atoms with Gasteiger partial charge in [0, 0.05) is 20.2 Å². The van der Waals surface area contributed by atoms with E-state index in [0.29, 0.717) is 5.56 Å². The molecule has 0 fully saturated rings. The highest BCUT2D eigenvalue weighted by Crippen LogP contribution is 2.16. The molecular weight excluding hydrogens is 330 g/mol. The van der Waals surface area contributed by atoms with Crippen molar-refractivity contribution in [1.82, 2.24) is 10.6 Å². The number of amides is 2. The van der Waals surface area contributed by atoms with Crippen molar-refractivity contribution in [1.29, 1.82) is 0 Å². The van der Waals surface area contributed by atoms with Crippen LogP contribution >= 0.6 is 0 Å². The minimum absolute atomic E-state index is 0.0174. The SMILES string of the molecule is CO[C@H](C(=O)NCCNC(=O)c1c(F)cccc1F)c1ccccc1. The van der Waals surface area contributed by atoms with Crippen LogP contribution in [0.2, 0.25) is 0 Å². The van der Waals surface area contributed by atoms with Crippen LogP contribution in [0.3, 0.4) is 0 Å². The summed E-state index contributed by atoms with van der Waals surface area (Å²) < 4.78 is 32.2. The number of hydrogen-bond acceptors (Lipinski definition) is 3. The van der Waals surface area contributed by atoms with Gasteiger partial charge in [-0.2, -0.15) is 0 Å². The molecule has 0 radical (unpaired) electrons. The summed E-state index contributed by atoms with van der Waals surface area (Å²) in [5.41, 5.74) is 0.0489. The van der Waals surface area contributed by atoms with E-state index in [1.165, 1.54) is 13.2 Å². The molecule has 0 spiro atoms. The molecule has 25 heavy (non-hydrogen) atoms. The molecular formula is C18H18F2N2O3. The third-order valence-corrected chi connectivity index (χ3v) is 3.48. The first-order valence-electron chi connectivity index (χ1n) is 7.62. The minimum atomic E-state index is -0.940. The van der Waals surface area contributed by atoms with Gasteiger partial charge >= 0.3 is 0 Å². The van der Waals surface area contributed by atoms with Crippen LogP contribution in [0.5, 0.6) is 0 Å². The predicted octanol–water partition coefficient (Wildman–Crippen LogP) is 2.20. The number of carbonyl (C=O) groups is 2. The molecule has 5 nitrogen and oxygen atoms in total. The highest BCUT2D eigenvalue weighted by atomic mass is 19.1. The lowest BCUT2D eigenvalue weighted by atomic mass is 10.1. The van der Waals surface area contributed by atoms with Crippen LogP contribution in [0.4, 0.5) is 8.78 Å². The molecule has 0 bridgehead atoms. The first-order valence-corrected chi connectivity index (χ1v) is 7.62. The van der Waals surface area contributed by atoms with Gasteiger partial charge in [-0.3, -0.25) is 9.59 Å². The molecule has 0 aliphatic carbocycles. The summed E-state index contributed by atoms with van der Waals surface area (Å²) >= 11 is 0. The Labute approximate surface area is 144 Å². The first kappa shape index (κ1) is 18.5. The van der Waals surface area contributed by atoms with Crippen molar-refractivity contribution in [2.24, 2.45) is 0 Å². The fourth-order valence-corrected chi connectivity index (χ4v) is 2.28. The quantitative estimate of drug-likeness (QED) is 0.754. The average Bonchev–Trinajstić information content (AvgIpc) is 2.60. The van der Waals surface area contributed by atoms with Crippen molar-refractivity contribution in [2.45, 2.75) is 6.10 Å². The Morgan fingerprint density at radius 3 is 2.16 bits per heavy atom. The van der Waals surface area contributed by atoms with Gasteiger partial charge in [0.05, 0.1) is 0 Å². The fourth-order valence-electron chi connectivity index (χ4n) is 2.28. The first-order chi connectivity index (χ1) is 12.0. The Bertz CT molecular complexity index is 718. The third kappa shape index (κ3) is 4.84. The molecule has 1 atom stereocenters. The van der Waals surface area contributed by atoms with Gasteiger partial charge in [-0.05, 0) is 17.7 Å². The molecule has 0 aromatic heterocycles. The van der Waals surface area contributed by atoms with Gasteiger partial charge in [-0.1, -0.05) is 36.4 Å². The molecule has 2 aromatic rings. The van der Waals surface area contributed by atoms with Crippen LogP contribution < -0.4 is 10.6 Å². The van der Waals surface area contributed by atoms with E-state index in [1.807, 2.05) is 6.07 Å². The van der Waals surface area contributed by atoms with E-state index in [9.17, 15) is 18.4 Å². The predicted molar refractivity (Wildman–Crippen MR) is 87.9 cm³/mol. The number of rotatable bonds is 7. The van der Waals surface area contributed by atoms with Crippen molar-refractivity contribution in [2.75, 3.05) is 20.2 Å². The van der Waals surface area contributed by atoms with E-state index in [1.54, 1.807) is 24.3 Å². The fraction of sp³-hybridized carbons (Fsp3) is 0.222. The molecule has 0 heterocycles. The van der Waals surface area contributed by atoms with Gasteiger partial charge < -0.3 is 15.4 Å². The topological polar surface area (TPSA) is 67.4 Å². The lowest BCUT2D eigenvalue weighted by Crippen LogP contribution is -2.37. The van der Waals surface area contributed by atoms with Gasteiger partial charge in [0.25, 0.3) is 11.8 Å². The van der Waals surface area contributed by atoms with Crippen molar-refractivity contribution in [3.63, 3.8) is 0 Å². The smallest absolute Gasteiger partial charge is 0.257 e. The molecule has 2 aromatic carbocycles. The van der Waals surface area contributed by atoms with Gasteiger partial charge in [-0.15, -0.1) is 0 Å².